The number of ketones is 6. The molecule has 478 valence electrons. The van der Waals surface area contributed by atoms with Crippen molar-refractivity contribution >= 4 is 34.7 Å². The van der Waals surface area contributed by atoms with Crippen molar-refractivity contribution in [3.8, 4) is 0 Å². The van der Waals surface area contributed by atoms with Crippen molar-refractivity contribution in [1.29, 1.82) is 0 Å². The number of carbonyl (C=O) groups excluding carboxylic acids is 6. The molecule has 9 saturated carbocycles. The molecule has 13 aliphatic rings. The third-order valence-electron chi connectivity index (χ3n) is 26.1. The van der Waals surface area contributed by atoms with Gasteiger partial charge in [-0.2, -0.15) is 0 Å². The summed E-state index contributed by atoms with van der Waals surface area (Å²) < 4.78 is 63.1. The highest BCUT2D eigenvalue weighted by Gasteiger charge is 2.82. The van der Waals surface area contributed by atoms with E-state index in [-0.39, 0.29) is 55.4 Å². The standard InChI is InChI=1S/C24H31FO6.2C21H27FO6/c1-20(2)30-19-10-16-15-6-5-13-9-14(27)7-8-21(13,3)23(15,25)17(28)11-22(16,4)24(19,31-20)18(29)12-26;2*1-18-6-5-12(24)7-11(18)3-4-13-14-8-15(25)21(28,17(27)10-23)19(14,2)9-16(26)20(13,18)22/h7-9,15-17,19,26,28H,5-6,10-12H2,1-4H3;2*5-7,13-16,23,25-26,28H,3-4,8-10H2,1-2H3/t15-,16-,17-,19+,21-,22-,23-,24+;2*13-,14-,15+,16-,18-,19-,20-,21-/m000/s1. The fraction of sp³-hybridized carbons (Fsp3) is 0.727. The topological polar surface area (TPSA) is 323 Å². The zero-order valence-corrected chi connectivity index (χ0v) is 50.6. The lowest BCUT2D eigenvalue weighted by atomic mass is 9.44. The molecule has 0 spiro atoms. The molecule has 12 aliphatic carbocycles. The van der Waals surface area contributed by atoms with E-state index < -0.39 is 175 Å². The normalized spacial score (nSPS) is 52.4. The van der Waals surface area contributed by atoms with Crippen molar-refractivity contribution in [3.05, 3.63) is 71.4 Å². The molecule has 0 bridgehead atoms. The molecule has 13 rings (SSSR count). The number of allylic oxidation sites excluding steroid dienone is 12. The van der Waals surface area contributed by atoms with Gasteiger partial charge in [-0.15, -0.1) is 0 Å². The van der Waals surface area contributed by atoms with Crippen molar-refractivity contribution in [1.82, 2.24) is 0 Å². The van der Waals surface area contributed by atoms with Gasteiger partial charge in [0.2, 0.25) is 0 Å². The fourth-order valence-corrected chi connectivity index (χ4v) is 21.6. The second-order valence-electron chi connectivity index (χ2n) is 29.7. The van der Waals surface area contributed by atoms with E-state index in [0.717, 1.165) is 5.57 Å². The van der Waals surface area contributed by atoms with Crippen LogP contribution in [0, 0.1) is 68.0 Å². The van der Waals surface area contributed by atoms with E-state index in [1.165, 1.54) is 48.6 Å². The molecular weight excluding hydrogens is 1140 g/mol. The van der Waals surface area contributed by atoms with Crippen LogP contribution in [0.25, 0.3) is 0 Å². The van der Waals surface area contributed by atoms with Gasteiger partial charge in [-0.25, -0.2) is 13.2 Å². The summed E-state index contributed by atoms with van der Waals surface area (Å²) in [5, 5.41) is 105. The average molecular weight is 1220 g/mol. The first-order valence-electron chi connectivity index (χ1n) is 30.8. The molecule has 10 N–H and O–H groups in total. The van der Waals surface area contributed by atoms with E-state index >= 15 is 13.2 Å². The molecule has 0 radical (unpaired) electrons. The monoisotopic (exact) mass is 1220 g/mol. The van der Waals surface area contributed by atoms with Crippen molar-refractivity contribution in [2.24, 2.45) is 68.0 Å². The molecule has 1 saturated heterocycles. The largest absolute Gasteiger partial charge is 0.390 e. The third-order valence-corrected chi connectivity index (χ3v) is 26.1. The van der Waals surface area contributed by atoms with Crippen LogP contribution in [0.2, 0.25) is 0 Å². The van der Waals surface area contributed by atoms with E-state index in [1.54, 1.807) is 54.5 Å². The molecule has 10 fully saturated rings. The number of carbonyl (C=O) groups is 6. The summed E-state index contributed by atoms with van der Waals surface area (Å²) in [6, 6.07) is 0. The van der Waals surface area contributed by atoms with Crippen LogP contribution in [0.3, 0.4) is 0 Å². The predicted molar refractivity (Wildman–Crippen MR) is 302 cm³/mol. The van der Waals surface area contributed by atoms with Crippen LogP contribution in [0.15, 0.2) is 71.4 Å². The van der Waals surface area contributed by atoms with Gasteiger partial charge in [0, 0.05) is 50.2 Å². The Balaban J connectivity index is 0.000000135. The number of hydrogen-bond acceptors (Lipinski definition) is 18. The van der Waals surface area contributed by atoms with Gasteiger partial charge in [0.25, 0.3) is 0 Å². The Kier molecular flexibility index (Phi) is 14.9. The molecule has 0 unspecified atom stereocenters. The Labute approximate surface area is 503 Å². The van der Waals surface area contributed by atoms with Gasteiger partial charge < -0.3 is 60.5 Å². The summed E-state index contributed by atoms with van der Waals surface area (Å²) in [5.41, 5.74) is -16.9. The van der Waals surface area contributed by atoms with E-state index in [0.29, 0.717) is 56.1 Å². The van der Waals surface area contributed by atoms with Crippen LogP contribution >= 0.6 is 0 Å². The lowest BCUT2D eigenvalue weighted by Crippen LogP contribution is -2.70. The van der Waals surface area contributed by atoms with Gasteiger partial charge in [0.1, 0.15) is 19.8 Å². The molecule has 0 aromatic heterocycles. The maximum atomic E-state index is 17.1. The lowest BCUT2D eigenvalue weighted by molar-refractivity contribution is -0.246. The average Bonchev–Trinajstić information content (AvgIpc) is 1.62. The highest BCUT2D eigenvalue weighted by Crippen LogP contribution is 2.75. The lowest BCUT2D eigenvalue weighted by Gasteiger charge is -2.62. The Hall–Kier alpha value is -4.23. The van der Waals surface area contributed by atoms with E-state index in [4.69, 9.17) is 9.47 Å². The van der Waals surface area contributed by atoms with Crippen molar-refractivity contribution < 1.29 is 102 Å². The number of aliphatic hydroxyl groups is 10. The van der Waals surface area contributed by atoms with Crippen molar-refractivity contribution in [2.75, 3.05) is 19.8 Å². The highest BCUT2D eigenvalue weighted by molar-refractivity contribution is 6.02. The minimum absolute atomic E-state index is 0.0109. The number of fused-ring (bicyclic) bond motifs is 17. The first kappa shape index (κ1) is 64.3. The van der Waals surface area contributed by atoms with E-state index in [1.807, 2.05) is 6.92 Å². The summed E-state index contributed by atoms with van der Waals surface area (Å²) in [6.45, 7) is 11.1. The van der Waals surface area contributed by atoms with E-state index in [9.17, 15) is 79.8 Å². The molecule has 24 atom stereocenters. The maximum absolute atomic E-state index is 17.1. The van der Waals surface area contributed by atoms with Crippen LogP contribution in [0.5, 0.6) is 0 Å². The Bertz CT molecular complexity index is 3060. The molecular formula is C66H85F3O18. The van der Waals surface area contributed by atoms with Gasteiger partial charge in [-0.3, -0.25) is 28.8 Å². The van der Waals surface area contributed by atoms with Gasteiger partial charge in [-0.1, -0.05) is 55.7 Å². The minimum Gasteiger partial charge on any atom is -0.390 e. The fourth-order valence-electron chi connectivity index (χ4n) is 21.6. The second-order valence-corrected chi connectivity index (χ2v) is 29.7. The summed E-state index contributed by atoms with van der Waals surface area (Å²) in [5.74, 6) is -7.22. The van der Waals surface area contributed by atoms with Gasteiger partial charge in [-0.05, 0) is 166 Å². The number of ether oxygens (including phenoxy) is 2. The maximum Gasteiger partial charge on any atom is 0.193 e. The number of rotatable bonds is 6. The molecule has 1 aliphatic heterocycles. The van der Waals surface area contributed by atoms with E-state index in [2.05, 4.69) is 0 Å². The first-order valence-corrected chi connectivity index (χ1v) is 30.8. The molecule has 21 heteroatoms. The highest BCUT2D eigenvalue weighted by atomic mass is 19.2. The zero-order chi connectivity index (χ0) is 64.0. The minimum atomic E-state index is -2.23. The van der Waals surface area contributed by atoms with Crippen LogP contribution in [-0.2, 0) is 38.2 Å². The Morgan fingerprint density at radius 2 is 0.782 bits per heavy atom. The predicted octanol–water partition coefficient (Wildman–Crippen LogP) is 3.66. The summed E-state index contributed by atoms with van der Waals surface area (Å²) in [6.07, 6.45) is 7.86. The first-order chi connectivity index (χ1) is 40.3. The zero-order valence-electron chi connectivity index (χ0n) is 50.6. The van der Waals surface area contributed by atoms with Crippen molar-refractivity contribution in [2.45, 2.75) is 209 Å². The molecule has 0 aromatic carbocycles. The summed E-state index contributed by atoms with van der Waals surface area (Å²) in [4.78, 5) is 73.5. The Morgan fingerprint density at radius 3 is 1.10 bits per heavy atom. The summed E-state index contributed by atoms with van der Waals surface area (Å²) >= 11 is 0. The van der Waals surface area contributed by atoms with Crippen molar-refractivity contribution in [3.63, 3.8) is 0 Å². The number of alkyl halides is 3. The van der Waals surface area contributed by atoms with Crippen LogP contribution < -0.4 is 0 Å². The van der Waals surface area contributed by atoms with Crippen LogP contribution in [0.1, 0.15) is 132 Å². The molecule has 0 amide bonds. The number of halogens is 3. The van der Waals surface area contributed by atoms with Gasteiger partial charge in [0.05, 0.1) is 36.6 Å². The van der Waals surface area contributed by atoms with Gasteiger partial charge >= 0.3 is 0 Å². The molecule has 87 heavy (non-hydrogen) atoms. The number of aliphatic hydroxyl groups excluding tert-OH is 8. The quantitative estimate of drug-likeness (QED) is 0.181. The molecule has 0 aromatic rings. The second kappa shape index (κ2) is 20.1. The Morgan fingerprint density at radius 1 is 0.471 bits per heavy atom. The SMILES string of the molecule is CC1(C)O[C@@H]2C[C@H]3[C@@H]4CCC5=CC(=O)C=C[C@]5(C)[C@@]4(F)[C@@H](O)C[C@]3(C)[C@]2(C(=O)CO)O1.C[C@]12C=CC(=O)C=C1CC[C@H]1[C@@H]3C[C@@H](O)[C@](O)(C(=O)CO)[C@@]3(C)C[C@H](O)[C@@]12F.C[C@]12C=CC(=O)C=C1CC[C@H]1[C@@H]3C[C@@H](O)[C@](O)(C(=O)CO)[C@@]3(C)C[C@H](O)[C@@]12F. The molecule has 1 heterocycles. The summed E-state index contributed by atoms with van der Waals surface area (Å²) in [7, 11) is 0. The number of hydrogen-bond donors (Lipinski definition) is 10. The molecule has 18 nitrogen and oxygen atoms in total. The van der Waals surface area contributed by atoms with Crippen LogP contribution in [-0.4, -0.2) is 182 Å². The van der Waals surface area contributed by atoms with Crippen LogP contribution in [0.4, 0.5) is 13.2 Å². The third kappa shape index (κ3) is 7.77. The smallest absolute Gasteiger partial charge is 0.193 e. The number of Topliss-reactive ketones (excluding diaryl/α,β-unsaturated/α-hetero) is 3. The van der Waals surface area contributed by atoms with Gasteiger partial charge in [0.15, 0.2) is 74.3 Å².